The highest BCUT2D eigenvalue weighted by atomic mass is 79.9. The van der Waals surface area contributed by atoms with E-state index in [2.05, 4.69) is 27.9 Å². The van der Waals surface area contributed by atoms with E-state index in [-0.39, 0.29) is 5.82 Å². The van der Waals surface area contributed by atoms with Crippen molar-refractivity contribution in [2.45, 2.75) is 31.8 Å². The van der Waals surface area contributed by atoms with Crippen LogP contribution in [-0.2, 0) is 6.54 Å². The molecule has 2 nitrogen and oxygen atoms in total. The lowest BCUT2D eigenvalue weighted by Gasteiger charge is -2.29. The molecule has 0 aliphatic heterocycles. The van der Waals surface area contributed by atoms with E-state index in [9.17, 15) is 4.39 Å². The average molecular weight is 315 g/mol. The minimum absolute atomic E-state index is 0.200. The van der Waals surface area contributed by atoms with Crippen molar-refractivity contribution in [3.63, 3.8) is 0 Å². The van der Waals surface area contributed by atoms with Crippen LogP contribution in [0.1, 0.15) is 24.8 Å². The summed E-state index contributed by atoms with van der Waals surface area (Å²) in [6.45, 7) is 1.60. The molecule has 2 unspecified atom stereocenters. The monoisotopic (exact) mass is 314 g/mol. The number of rotatable bonds is 4. The minimum atomic E-state index is -0.200. The van der Waals surface area contributed by atoms with Gasteiger partial charge < -0.3 is 5.73 Å². The largest absolute Gasteiger partial charge is 0.330 e. The number of halogens is 2. The second kappa shape index (κ2) is 6.13. The fraction of sp³-hybridized carbons (Fsp3) is 0.571. The third-order valence-electron chi connectivity index (χ3n) is 3.92. The molecule has 0 spiro atoms. The standard InChI is InChI=1S/C14H20BrFN2/c1-18(14-4-2-3-10(14)8-17)9-11-5-6-12(16)7-13(11)15/h5-7,10,14H,2-4,8-9,17H2,1H3. The normalized spacial score (nSPS) is 23.8. The molecule has 0 saturated heterocycles. The first-order valence-electron chi connectivity index (χ1n) is 6.46. The number of benzene rings is 1. The van der Waals surface area contributed by atoms with Gasteiger partial charge in [-0.25, -0.2) is 4.39 Å². The predicted octanol–water partition coefficient (Wildman–Crippen LogP) is 3.15. The Morgan fingerprint density at radius 3 is 2.89 bits per heavy atom. The van der Waals surface area contributed by atoms with Gasteiger partial charge in [-0.15, -0.1) is 0 Å². The van der Waals surface area contributed by atoms with Crippen molar-refractivity contribution in [3.8, 4) is 0 Å². The Balaban J connectivity index is 2.04. The molecule has 1 aromatic rings. The Kier molecular flexibility index (Phi) is 4.76. The topological polar surface area (TPSA) is 29.3 Å². The van der Waals surface area contributed by atoms with Gasteiger partial charge in [-0.1, -0.05) is 28.4 Å². The molecule has 2 N–H and O–H groups in total. The molecule has 1 saturated carbocycles. The Bertz CT molecular complexity index is 411. The van der Waals surface area contributed by atoms with Gasteiger partial charge in [0.25, 0.3) is 0 Å². The van der Waals surface area contributed by atoms with Crippen molar-refractivity contribution < 1.29 is 4.39 Å². The lowest BCUT2D eigenvalue weighted by Crippen LogP contribution is -2.37. The molecule has 0 radical (unpaired) electrons. The second-order valence-electron chi connectivity index (χ2n) is 5.14. The third kappa shape index (κ3) is 3.11. The van der Waals surface area contributed by atoms with Crippen LogP contribution in [0.5, 0.6) is 0 Å². The van der Waals surface area contributed by atoms with E-state index in [1.807, 2.05) is 6.07 Å². The van der Waals surface area contributed by atoms with Gasteiger partial charge in [0, 0.05) is 17.1 Å². The SMILES string of the molecule is CN(Cc1ccc(F)cc1Br)C1CCCC1CN. The fourth-order valence-corrected chi connectivity index (χ4v) is 3.38. The molecular formula is C14H20BrFN2. The number of hydrogen-bond acceptors (Lipinski definition) is 2. The van der Waals surface area contributed by atoms with Gasteiger partial charge in [0.15, 0.2) is 0 Å². The van der Waals surface area contributed by atoms with Crippen LogP contribution in [0.3, 0.4) is 0 Å². The zero-order valence-corrected chi connectivity index (χ0v) is 12.3. The van der Waals surface area contributed by atoms with E-state index < -0.39 is 0 Å². The van der Waals surface area contributed by atoms with Gasteiger partial charge in [0.05, 0.1) is 0 Å². The highest BCUT2D eigenvalue weighted by molar-refractivity contribution is 9.10. The summed E-state index contributed by atoms with van der Waals surface area (Å²) < 4.78 is 13.9. The van der Waals surface area contributed by atoms with Crippen molar-refractivity contribution in [3.05, 3.63) is 34.1 Å². The summed E-state index contributed by atoms with van der Waals surface area (Å²) >= 11 is 3.43. The first-order chi connectivity index (χ1) is 8.61. The molecule has 1 aromatic carbocycles. The lowest BCUT2D eigenvalue weighted by atomic mass is 10.0. The number of nitrogens with two attached hydrogens (primary N) is 1. The number of hydrogen-bond donors (Lipinski definition) is 1. The Morgan fingerprint density at radius 1 is 1.44 bits per heavy atom. The maximum absolute atomic E-state index is 13.0. The zero-order valence-electron chi connectivity index (χ0n) is 10.7. The van der Waals surface area contributed by atoms with Crippen molar-refractivity contribution in [2.75, 3.05) is 13.6 Å². The Labute approximate surface area is 116 Å². The van der Waals surface area contributed by atoms with E-state index in [1.54, 1.807) is 0 Å². The van der Waals surface area contributed by atoms with Crippen LogP contribution in [-0.4, -0.2) is 24.5 Å². The molecule has 1 fully saturated rings. The molecule has 0 bridgehead atoms. The van der Waals surface area contributed by atoms with Crippen molar-refractivity contribution in [2.24, 2.45) is 11.7 Å². The summed E-state index contributed by atoms with van der Waals surface area (Å²) in [7, 11) is 2.13. The maximum atomic E-state index is 13.0. The van der Waals surface area contributed by atoms with Crippen molar-refractivity contribution >= 4 is 15.9 Å². The molecule has 100 valence electrons. The predicted molar refractivity (Wildman–Crippen MR) is 75.8 cm³/mol. The molecular weight excluding hydrogens is 295 g/mol. The molecule has 2 atom stereocenters. The maximum Gasteiger partial charge on any atom is 0.124 e. The molecule has 2 rings (SSSR count). The molecule has 4 heteroatoms. The van der Waals surface area contributed by atoms with Gasteiger partial charge in [-0.05, 0) is 50.0 Å². The van der Waals surface area contributed by atoms with E-state index in [4.69, 9.17) is 5.73 Å². The minimum Gasteiger partial charge on any atom is -0.330 e. The molecule has 1 aliphatic rings. The van der Waals surface area contributed by atoms with Crippen LogP contribution in [0.25, 0.3) is 0 Å². The summed E-state index contributed by atoms with van der Waals surface area (Å²) in [6.07, 6.45) is 3.72. The van der Waals surface area contributed by atoms with Crippen molar-refractivity contribution in [1.82, 2.24) is 4.90 Å². The van der Waals surface area contributed by atoms with Crippen LogP contribution < -0.4 is 5.73 Å². The zero-order chi connectivity index (χ0) is 13.1. The smallest absolute Gasteiger partial charge is 0.124 e. The first-order valence-corrected chi connectivity index (χ1v) is 7.25. The van der Waals surface area contributed by atoms with Gasteiger partial charge in [-0.2, -0.15) is 0 Å². The summed E-state index contributed by atoms with van der Waals surface area (Å²) in [5.74, 6) is 0.406. The average Bonchev–Trinajstić information content (AvgIpc) is 2.81. The molecule has 18 heavy (non-hydrogen) atoms. The van der Waals surface area contributed by atoms with Crippen molar-refractivity contribution in [1.29, 1.82) is 0 Å². The highest BCUT2D eigenvalue weighted by Crippen LogP contribution is 2.30. The van der Waals surface area contributed by atoms with E-state index >= 15 is 0 Å². The van der Waals surface area contributed by atoms with Crippen LogP contribution in [0.4, 0.5) is 4.39 Å². The summed E-state index contributed by atoms with van der Waals surface area (Å²) in [5, 5.41) is 0. The molecule has 1 aliphatic carbocycles. The van der Waals surface area contributed by atoms with Gasteiger partial charge in [0.2, 0.25) is 0 Å². The lowest BCUT2D eigenvalue weighted by molar-refractivity contribution is 0.192. The fourth-order valence-electron chi connectivity index (χ4n) is 2.91. The summed E-state index contributed by atoms with van der Waals surface area (Å²) in [6, 6.07) is 5.45. The third-order valence-corrected chi connectivity index (χ3v) is 4.66. The van der Waals surface area contributed by atoms with Crippen LogP contribution in [0.15, 0.2) is 22.7 Å². The van der Waals surface area contributed by atoms with Gasteiger partial charge in [0.1, 0.15) is 5.82 Å². The Hall–Kier alpha value is -0.450. The van der Waals surface area contributed by atoms with Gasteiger partial charge >= 0.3 is 0 Å². The molecule has 0 aromatic heterocycles. The van der Waals surface area contributed by atoms with Gasteiger partial charge in [-0.3, -0.25) is 4.90 Å². The van der Waals surface area contributed by atoms with E-state index in [1.165, 1.54) is 31.4 Å². The Morgan fingerprint density at radius 2 is 2.22 bits per heavy atom. The van der Waals surface area contributed by atoms with Crippen LogP contribution in [0.2, 0.25) is 0 Å². The molecule has 0 heterocycles. The second-order valence-corrected chi connectivity index (χ2v) is 6.00. The summed E-state index contributed by atoms with van der Waals surface area (Å²) in [4.78, 5) is 2.35. The molecule has 0 amide bonds. The van der Waals surface area contributed by atoms with Crippen LogP contribution in [0, 0.1) is 11.7 Å². The summed E-state index contributed by atoms with van der Waals surface area (Å²) in [5.41, 5.74) is 6.95. The highest BCUT2D eigenvalue weighted by Gasteiger charge is 2.29. The first kappa shape index (κ1) is 14.0. The van der Waals surface area contributed by atoms with E-state index in [0.717, 1.165) is 23.1 Å². The quantitative estimate of drug-likeness (QED) is 0.925. The number of nitrogens with zero attached hydrogens (tertiary/aromatic N) is 1. The van der Waals surface area contributed by atoms with E-state index in [0.29, 0.717) is 12.0 Å². The van der Waals surface area contributed by atoms with Crippen LogP contribution >= 0.6 is 15.9 Å².